The van der Waals surface area contributed by atoms with Gasteiger partial charge in [0.1, 0.15) is 22.6 Å². The number of hydrogen-bond donors (Lipinski definition) is 6. The first-order chi connectivity index (χ1) is 23.6. The molecule has 0 saturated heterocycles. The summed E-state index contributed by atoms with van der Waals surface area (Å²) in [4.78, 5) is 37.5. The maximum absolute atomic E-state index is 6.29. The summed E-state index contributed by atoms with van der Waals surface area (Å²) in [6.07, 6.45) is 0. The van der Waals surface area contributed by atoms with Crippen LogP contribution in [-0.2, 0) is 26.2 Å². The highest BCUT2D eigenvalue weighted by Crippen LogP contribution is 2.42. The number of H-pyrrole nitrogens is 2. The van der Waals surface area contributed by atoms with Crippen LogP contribution in [0.3, 0.4) is 0 Å². The third-order valence-electron chi connectivity index (χ3n) is 9.17. The Morgan fingerprint density at radius 1 is 0.396 bits per heavy atom. The van der Waals surface area contributed by atoms with Gasteiger partial charge in [0.2, 0.25) is 0 Å². The van der Waals surface area contributed by atoms with Gasteiger partial charge in [-0.15, -0.1) is 0 Å². The van der Waals surface area contributed by atoms with E-state index >= 15 is 0 Å². The zero-order chi connectivity index (χ0) is 32.5. The molecule has 7 aromatic rings. The fourth-order valence-electron chi connectivity index (χ4n) is 6.92. The molecule has 12 nitrogen and oxygen atoms in total. The number of nitrogens with one attached hydrogen (secondary N) is 2. The van der Waals surface area contributed by atoms with Crippen molar-refractivity contribution in [1.29, 1.82) is 0 Å². The number of hydrogen-bond acceptors (Lipinski definition) is 10. The van der Waals surface area contributed by atoms with Crippen LogP contribution in [0.1, 0.15) is 22.3 Å². The number of benzene rings is 4. The largest absolute Gasteiger partial charge is 0.326 e. The Hall–Kier alpha value is -5.92. The molecule has 0 unspecified atom stereocenters. The Labute approximate surface area is 273 Å². The molecule has 48 heavy (non-hydrogen) atoms. The van der Waals surface area contributed by atoms with Crippen LogP contribution in [0.4, 0.5) is 0 Å². The van der Waals surface area contributed by atoms with Gasteiger partial charge in [-0.25, -0.2) is 29.9 Å². The fourth-order valence-corrected chi connectivity index (χ4v) is 6.92. The molecule has 0 radical (unpaired) electrons. The molecule has 0 spiro atoms. The lowest BCUT2D eigenvalue weighted by Gasteiger charge is -2.10. The first-order valence-electron chi connectivity index (χ1n) is 15.7. The van der Waals surface area contributed by atoms with Gasteiger partial charge in [-0.2, -0.15) is 0 Å². The van der Waals surface area contributed by atoms with Crippen LogP contribution in [0.5, 0.6) is 0 Å². The van der Waals surface area contributed by atoms with Crippen LogP contribution in [0, 0.1) is 0 Å². The lowest BCUT2D eigenvalue weighted by Crippen LogP contribution is -2.04. The van der Waals surface area contributed by atoms with E-state index in [0.717, 1.165) is 66.1 Å². The molecule has 9 rings (SSSR count). The van der Waals surface area contributed by atoms with Crippen LogP contribution in [0.2, 0.25) is 0 Å². The van der Waals surface area contributed by atoms with Crippen molar-refractivity contribution in [2.75, 3.05) is 0 Å². The lowest BCUT2D eigenvalue weighted by molar-refractivity contribution is 1.04. The van der Waals surface area contributed by atoms with E-state index in [1.54, 1.807) is 0 Å². The minimum atomic E-state index is 0.280. The van der Waals surface area contributed by atoms with E-state index in [0.29, 0.717) is 59.0 Å². The zero-order valence-corrected chi connectivity index (χ0v) is 25.7. The molecule has 2 aliphatic heterocycles. The first-order valence-corrected chi connectivity index (χ1v) is 15.7. The highest BCUT2D eigenvalue weighted by atomic mass is 15.1. The van der Waals surface area contributed by atoms with Crippen LogP contribution in [-0.4, -0.2) is 39.9 Å². The van der Waals surface area contributed by atoms with Crippen LogP contribution >= 0.6 is 0 Å². The normalized spacial score (nSPS) is 12.1. The van der Waals surface area contributed by atoms with Crippen LogP contribution in [0.25, 0.3) is 89.7 Å². The summed E-state index contributed by atoms with van der Waals surface area (Å²) in [6, 6.07) is 23.8. The summed E-state index contributed by atoms with van der Waals surface area (Å²) in [5.74, 6) is 1.88. The van der Waals surface area contributed by atoms with E-state index in [2.05, 4.69) is 9.97 Å². The summed E-state index contributed by atoms with van der Waals surface area (Å²) in [7, 11) is 0. The molecule has 2 aliphatic rings. The molecule has 12 heteroatoms. The highest BCUT2D eigenvalue weighted by molar-refractivity contribution is 6.09. The number of nitrogens with zero attached hydrogens (tertiary/aromatic N) is 6. The van der Waals surface area contributed by atoms with Crippen LogP contribution in [0.15, 0.2) is 72.8 Å². The second-order valence-electron chi connectivity index (χ2n) is 11.8. The molecule has 0 fully saturated rings. The average molecular weight is 631 g/mol. The topological polar surface area (TPSA) is 213 Å². The van der Waals surface area contributed by atoms with E-state index in [1.807, 2.05) is 72.8 Å². The second kappa shape index (κ2) is 10.8. The molecule has 8 bridgehead atoms. The maximum atomic E-state index is 6.29. The van der Waals surface area contributed by atoms with Gasteiger partial charge in [0, 0.05) is 70.0 Å². The second-order valence-corrected chi connectivity index (χ2v) is 11.8. The van der Waals surface area contributed by atoms with Gasteiger partial charge in [-0.1, -0.05) is 72.8 Å². The van der Waals surface area contributed by atoms with Gasteiger partial charge < -0.3 is 32.9 Å². The van der Waals surface area contributed by atoms with Crippen molar-refractivity contribution in [3.05, 3.63) is 95.1 Å². The monoisotopic (exact) mass is 630 g/mol. The van der Waals surface area contributed by atoms with Gasteiger partial charge in [0.05, 0.1) is 0 Å². The highest BCUT2D eigenvalue weighted by Gasteiger charge is 2.28. The molecule has 4 aromatic carbocycles. The number of fused-ring (bicyclic) bond motifs is 20. The van der Waals surface area contributed by atoms with E-state index in [-0.39, 0.29) is 13.1 Å². The Kier molecular flexibility index (Phi) is 6.39. The molecule has 10 N–H and O–H groups in total. The first kappa shape index (κ1) is 28.3. The predicted octanol–water partition coefficient (Wildman–Crippen LogP) is 4.70. The fraction of sp³-hybridized carbons (Fsp3) is 0.111. The summed E-state index contributed by atoms with van der Waals surface area (Å²) >= 11 is 0. The molecule has 234 valence electrons. The number of rotatable bonds is 4. The van der Waals surface area contributed by atoms with Crippen LogP contribution < -0.4 is 22.9 Å². The van der Waals surface area contributed by atoms with Crippen molar-refractivity contribution in [3.63, 3.8) is 0 Å². The third-order valence-corrected chi connectivity index (χ3v) is 9.17. The van der Waals surface area contributed by atoms with E-state index in [9.17, 15) is 0 Å². The Morgan fingerprint density at radius 2 is 0.875 bits per heavy atom. The molecular formula is C36H30N12. The molecule has 5 heterocycles. The van der Waals surface area contributed by atoms with Gasteiger partial charge in [-0.05, 0) is 22.3 Å². The zero-order valence-electron chi connectivity index (χ0n) is 25.7. The third kappa shape index (κ3) is 4.11. The predicted molar refractivity (Wildman–Crippen MR) is 188 cm³/mol. The molecular weight excluding hydrogens is 600 g/mol. The molecule has 0 amide bonds. The average Bonchev–Trinajstić information content (AvgIpc) is 3.87. The van der Waals surface area contributed by atoms with Crippen molar-refractivity contribution in [2.24, 2.45) is 22.9 Å². The van der Waals surface area contributed by atoms with E-state index in [4.69, 9.17) is 52.8 Å². The summed E-state index contributed by atoms with van der Waals surface area (Å²) in [5, 5.41) is 3.55. The number of aromatic amines is 2. The van der Waals surface area contributed by atoms with Gasteiger partial charge in [0.25, 0.3) is 0 Å². The summed E-state index contributed by atoms with van der Waals surface area (Å²) in [6.45, 7) is 1.18. The summed E-state index contributed by atoms with van der Waals surface area (Å²) in [5.41, 5.74) is 34.4. The Bertz CT molecular complexity index is 2640. The smallest absolute Gasteiger partial charge is 0.165 e. The minimum absolute atomic E-state index is 0.280. The minimum Gasteiger partial charge on any atom is -0.326 e. The summed E-state index contributed by atoms with van der Waals surface area (Å²) < 4.78 is 0. The number of aromatic nitrogens is 8. The van der Waals surface area contributed by atoms with Crippen molar-refractivity contribution in [1.82, 2.24) is 39.9 Å². The van der Waals surface area contributed by atoms with Gasteiger partial charge >= 0.3 is 0 Å². The Balaban J connectivity index is 1.53. The molecule has 0 saturated carbocycles. The Morgan fingerprint density at radius 3 is 1.56 bits per heavy atom. The quantitative estimate of drug-likeness (QED) is 0.158. The van der Waals surface area contributed by atoms with Crippen molar-refractivity contribution in [2.45, 2.75) is 26.2 Å². The SMILES string of the molecule is NCc1cccc2c1-c1nc-2nc2nc(nc3[nH]c(nc4[nH]c(n1)c1c(CN)cccc41)c1ccccc31)-c1c(CN)ccc(CN)c1-2. The van der Waals surface area contributed by atoms with E-state index in [1.165, 1.54) is 0 Å². The van der Waals surface area contributed by atoms with Crippen molar-refractivity contribution in [3.8, 4) is 45.6 Å². The molecule has 0 atom stereocenters. The van der Waals surface area contributed by atoms with E-state index < -0.39 is 0 Å². The number of nitrogens with two attached hydrogens (primary N) is 4. The van der Waals surface area contributed by atoms with Gasteiger partial charge in [-0.3, -0.25) is 0 Å². The standard InChI is InChI=1S/C36H30N12/c37-13-17-5-3-9-23-25(17)33-44-31(23)42-29-21-7-1-2-8-22(21)30(41-29)43-35-27-19(15-39)11-12-20(16-40)28(27)36(48-35)46-32-24-10-4-6-18(14-38)26(24)34(45-32)47-33/h1-12H,13-16,37-40H2,(H2,41,42,43,44,45,46,47,48). The molecule has 3 aromatic heterocycles. The maximum Gasteiger partial charge on any atom is 0.165 e. The molecule has 0 aliphatic carbocycles. The van der Waals surface area contributed by atoms with Gasteiger partial charge in [0.15, 0.2) is 23.3 Å². The lowest BCUT2D eigenvalue weighted by atomic mass is 9.96. The van der Waals surface area contributed by atoms with Crippen molar-refractivity contribution >= 4 is 44.1 Å². The van der Waals surface area contributed by atoms with Crippen molar-refractivity contribution < 1.29 is 0 Å².